The second kappa shape index (κ2) is 7.06. The Balaban J connectivity index is 1.45. The van der Waals surface area contributed by atoms with Gasteiger partial charge >= 0.3 is 0 Å². The molecule has 1 N–H and O–H groups in total. The minimum absolute atomic E-state index is 0.209. The van der Waals surface area contributed by atoms with Crippen LogP contribution in [-0.2, 0) is 10.0 Å². The third-order valence-electron chi connectivity index (χ3n) is 4.54. The van der Waals surface area contributed by atoms with Crippen molar-refractivity contribution in [1.82, 2.24) is 23.9 Å². The molecule has 0 spiro atoms. The maximum Gasteiger partial charge on any atom is 0.214 e. The van der Waals surface area contributed by atoms with Crippen LogP contribution in [0.1, 0.15) is 12.8 Å². The minimum Gasteiger partial charge on any atom is -0.495 e. The van der Waals surface area contributed by atoms with Crippen LogP contribution in [0.4, 0.5) is 5.13 Å². The lowest BCUT2D eigenvalue weighted by atomic mass is 10.1. The number of ether oxygens (including phenoxy) is 1. The number of methoxy groups -OCH3 is 1. The van der Waals surface area contributed by atoms with Gasteiger partial charge in [0.25, 0.3) is 0 Å². The van der Waals surface area contributed by atoms with E-state index in [0.29, 0.717) is 18.8 Å². The molecule has 27 heavy (non-hydrogen) atoms. The molecule has 0 atom stereocenters. The van der Waals surface area contributed by atoms with Gasteiger partial charge in [-0.15, -0.1) is 5.10 Å². The number of nitrogens with zero attached hydrogens (tertiary/aromatic N) is 5. The van der Waals surface area contributed by atoms with Crippen LogP contribution in [-0.4, -0.2) is 64.8 Å². The van der Waals surface area contributed by atoms with Crippen LogP contribution in [0.15, 0.2) is 24.7 Å². The Morgan fingerprint density at radius 2 is 2.07 bits per heavy atom. The van der Waals surface area contributed by atoms with Crippen LogP contribution >= 0.6 is 11.3 Å². The molecule has 3 aromatic heterocycles. The number of piperidine rings is 1. The van der Waals surface area contributed by atoms with Gasteiger partial charge in [-0.25, -0.2) is 22.2 Å². The second-order valence-electron chi connectivity index (χ2n) is 6.45. The smallest absolute Gasteiger partial charge is 0.214 e. The van der Waals surface area contributed by atoms with Crippen LogP contribution in [0, 0.1) is 0 Å². The Labute approximate surface area is 161 Å². The molecule has 0 saturated carbocycles. The Morgan fingerprint density at radius 3 is 2.74 bits per heavy atom. The van der Waals surface area contributed by atoms with E-state index in [4.69, 9.17) is 4.74 Å². The Bertz CT molecular complexity index is 1020. The highest BCUT2D eigenvalue weighted by atomic mass is 32.2. The zero-order valence-electron chi connectivity index (χ0n) is 15.0. The van der Waals surface area contributed by atoms with E-state index in [2.05, 4.69) is 20.4 Å². The molecule has 144 valence electrons. The standard InChI is InChI=1S/C16H20N6O3S2/c1-25-13-7-11(8-17-9-13)14-10-22-16(19-14)26-15(20-22)18-12-3-5-21(6-4-12)27(2,23)24/h7-10,12H,3-6H2,1-2H3,(H,18,20). The summed E-state index contributed by atoms with van der Waals surface area (Å²) in [6.45, 7) is 1.07. The Hall–Kier alpha value is -2.24. The zero-order valence-corrected chi connectivity index (χ0v) is 16.6. The maximum atomic E-state index is 11.6. The van der Waals surface area contributed by atoms with E-state index in [1.54, 1.807) is 24.0 Å². The molecular formula is C16H20N6O3S2. The molecule has 0 amide bonds. The molecule has 3 aromatic rings. The van der Waals surface area contributed by atoms with Gasteiger partial charge in [-0.1, -0.05) is 11.3 Å². The van der Waals surface area contributed by atoms with Gasteiger partial charge in [-0.2, -0.15) is 0 Å². The van der Waals surface area contributed by atoms with E-state index in [1.807, 2.05) is 12.3 Å². The first-order valence-corrected chi connectivity index (χ1v) is 11.2. The fourth-order valence-corrected chi connectivity index (χ4v) is 4.81. The maximum absolute atomic E-state index is 11.6. The highest BCUT2D eigenvalue weighted by molar-refractivity contribution is 7.88. The molecule has 11 heteroatoms. The number of anilines is 1. The average molecular weight is 409 g/mol. The third kappa shape index (κ3) is 3.89. The molecule has 0 bridgehead atoms. The van der Waals surface area contributed by atoms with Crippen LogP contribution in [0.5, 0.6) is 5.75 Å². The molecule has 0 aliphatic carbocycles. The number of pyridine rings is 1. The van der Waals surface area contributed by atoms with E-state index < -0.39 is 10.0 Å². The van der Waals surface area contributed by atoms with Crippen LogP contribution in [0.3, 0.4) is 0 Å². The van der Waals surface area contributed by atoms with Gasteiger partial charge in [0.1, 0.15) is 5.75 Å². The fraction of sp³-hybridized carbons (Fsp3) is 0.438. The first-order chi connectivity index (χ1) is 12.9. The van der Waals surface area contributed by atoms with Crippen molar-refractivity contribution in [3.63, 3.8) is 0 Å². The highest BCUT2D eigenvalue weighted by Crippen LogP contribution is 2.27. The summed E-state index contributed by atoms with van der Waals surface area (Å²) in [6, 6.07) is 2.09. The first-order valence-electron chi connectivity index (χ1n) is 8.49. The lowest BCUT2D eigenvalue weighted by molar-refractivity contribution is 0.332. The molecule has 4 heterocycles. The number of imidazole rings is 1. The molecular weight excluding hydrogens is 388 g/mol. The summed E-state index contributed by atoms with van der Waals surface area (Å²) in [6.07, 6.45) is 8.03. The summed E-state index contributed by atoms with van der Waals surface area (Å²) >= 11 is 1.47. The SMILES string of the molecule is COc1cncc(-c2cn3nc(NC4CCN(S(C)(=O)=O)CC4)sc3n2)c1. The Kier molecular flexibility index (Phi) is 4.74. The summed E-state index contributed by atoms with van der Waals surface area (Å²) in [4.78, 5) is 9.55. The topological polar surface area (TPSA) is 102 Å². The van der Waals surface area contributed by atoms with Crippen molar-refractivity contribution in [2.24, 2.45) is 0 Å². The van der Waals surface area contributed by atoms with E-state index >= 15 is 0 Å². The van der Waals surface area contributed by atoms with Gasteiger partial charge in [-0.05, 0) is 18.9 Å². The van der Waals surface area contributed by atoms with Crippen LogP contribution in [0.25, 0.3) is 16.2 Å². The fourth-order valence-electron chi connectivity index (χ4n) is 3.07. The van der Waals surface area contributed by atoms with Gasteiger partial charge in [-0.3, -0.25) is 4.98 Å². The van der Waals surface area contributed by atoms with Crippen LogP contribution in [0.2, 0.25) is 0 Å². The summed E-state index contributed by atoms with van der Waals surface area (Å²) in [5, 5.41) is 8.72. The predicted molar refractivity (Wildman–Crippen MR) is 104 cm³/mol. The number of hydrogen-bond donors (Lipinski definition) is 1. The largest absolute Gasteiger partial charge is 0.495 e. The van der Waals surface area contributed by atoms with Crippen molar-refractivity contribution in [1.29, 1.82) is 0 Å². The number of nitrogens with one attached hydrogen (secondary N) is 1. The van der Waals surface area contributed by atoms with Crippen molar-refractivity contribution < 1.29 is 13.2 Å². The molecule has 1 fully saturated rings. The normalized spacial score (nSPS) is 16.7. The van der Waals surface area contributed by atoms with E-state index in [-0.39, 0.29) is 6.04 Å². The summed E-state index contributed by atoms with van der Waals surface area (Å²) in [5.41, 5.74) is 1.66. The monoisotopic (exact) mass is 408 g/mol. The predicted octanol–water partition coefficient (Wildman–Crippen LogP) is 1.70. The first kappa shape index (κ1) is 18.1. The van der Waals surface area contributed by atoms with Gasteiger partial charge in [0.2, 0.25) is 20.1 Å². The lowest BCUT2D eigenvalue weighted by Crippen LogP contribution is -2.41. The number of fused-ring (bicyclic) bond motifs is 1. The van der Waals surface area contributed by atoms with Gasteiger partial charge < -0.3 is 10.1 Å². The van der Waals surface area contributed by atoms with Crippen molar-refractivity contribution in [2.75, 3.05) is 31.8 Å². The number of rotatable bonds is 5. The lowest BCUT2D eigenvalue weighted by Gasteiger charge is -2.30. The molecule has 1 aliphatic heterocycles. The van der Waals surface area contributed by atoms with Gasteiger partial charge in [0, 0.05) is 30.9 Å². The van der Waals surface area contributed by atoms with Gasteiger partial charge in [0.15, 0.2) is 0 Å². The number of hydrogen-bond acceptors (Lipinski definition) is 8. The third-order valence-corrected chi connectivity index (χ3v) is 6.70. The summed E-state index contributed by atoms with van der Waals surface area (Å²) < 4.78 is 31.7. The summed E-state index contributed by atoms with van der Waals surface area (Å²) in [7, 11) is -1.50. The van der Waals surface area contributed by atoms with Gasteiger partial charge in [0.05, 0.1) is 31.5 Å². The van der Waals surface area contributed by atoms with Crippen molar-refractivity contribution in [3.05, 3.63) is 24.7 Å². The van der Waals surface area contributed by atoms with Crippen molar-refractivity contribution in [3.8, 4) is 17.0 Å². The van der Waals surface area contributed by atoms with Crippen molar-refractivity contribution >= 4 is 31.5 Å². The molecule has 1 saturated heterocycles. The average Bonchev–Trinajstić information content (AvgIpc) is 3.20. The molecule has 9 nitrogen and oxygen atoms in total. The van der Waals surface area contributed by atoms with E-state index in [0.717, 1.165) is 34.2 Å². The van der Waals surface area contributed by atoms with Crippen LogP contribution < -0.4 is 10.1 Å². The molecule has 4 rings (SSSR count). The molecule has 1 aliphatic rings. The molecule has 0 aromatic carbocycles. The second-order valence-corrected chi connectivity index (χ2v) is 9.39. The Morgan fingerprint density at radius 1 is 1.30 bits per heavy atom. The quantitative estimate of drug-likeness (QED) is 0.685. The highest BCUT2D eigenvalue weighted by Gasteiger charge is 2.25. The zero-order chi connectivity index (χ0) is 19.0. The van der Waals surface area contributed by atoms with E-state index in [9.17, 15) is 8.42 Å². The van der Waals surface area contributed by atoms with E-state index in [1.165, 1.54) is 21.9 Å². The number of sulfonamides is 1. The minimum atomic E-state index is -3.11. The number of aromatic nitrogens is 4. The van der Waals surface area contributed by atoms with Crippen molar-refractivity contribution in [2.45, 2.75) is 18.9 Å². The summed E-state index contributed by atoms with van der Waals surface area (Å²) in [5.74, 6) is 0.680. The molecule has 0 radical (unpaired) electrons. The molecule has 0 unspecified atom stereocenters.